The molecule has 0 atom stereocenters. The van der Waals surface area contributed by atoms with Crippen LogP contribution in [0.3, 0.4) is 0 Å². The van der Waals surface area contributed by atoms with Gasteiger partial charge in [0.1, 0.15) is 6.54 Å². The van der Waals surface area contributed by atoms with Crippen molar-refractivity contribution in [2.75, 3.05) is 0 Å². The van der Waals surface area contributed by atoms with Crippen LogP contribution in [0.4, 0.5) is 0 Å². The van der Waals surface area contributed by atoms with Crippen LogP contribution in [0.15, 0.2) is 84.9 Å². The van der Waals surface area contributed by atoms with Gasteiger partial charge in [-0.25, -0.2) is 15.0 Å². The number of hydrogen-bond acceptors (Lipinski definition) is 2. The first-order valence-corrected chi connectivity index (χ1v) is 9.97. The van der Waals surface area contributed by atoms with Crippen molar-refractivity contribution < 1.29 is 14.6 Å². The van der Waals surface area contributed by atoms with Gasteiger partial charge in [-0.15, -0.1) is 0 Å². The number of hydroxylamine groups is 1. The van der Waals surface area contributed by atoms with Crippen molar-refractivity contribution in [3.05, 3.63) is 107 Å². The van der Waals surface area contributed by atoms with Gasteiger partial charge in [0, 0.05) is 6.08 Å². The van der Waals surface area contributed by atoms with Crippen molar-refractivity contribution in [2.45, 2.75) is 19.4 Å². The van der Waals surface area contributed by atoms with Crippen LogP contribution in [-0.4, -0.2) is 16.1 Å². The first kappa shape index (κ1) is 19.6. The van der Waals surface area contributed by atoms with Gasteiger partial charge in [0.05, 0.1) is 6.42 Å². The lowest BCUT2D eigenvalue weighted by atomic mass is 10.1. The highest BCUT2D eigenvalue weighted by Gasteiger charge is 2.19. The van der Waals surface area contributed by atoms with E-state index in [-0.39, 0.29) is 0 Å². The SMILES string of the molecule is O=C(/C=C/c1ccc2[nH]c(CCc3ccccc3)[n+](Cc3ccccc3)c2c1)NO. The predicted molar refractivity (Wildman–Crippen MR) is 117 cm³/mol. The van der Waals surface area contributed by atoms with E-state index in [0.717, 1.165) is 41.8 Å². The second-order valence-electron chi connectivity index (χ2n) is 7.22. The van der Waals surface area contributed by atoms with Crippen molar-refractivity contribution in [3.63, 3.8) is 0 Å². The Morgan fingerprint density at radius 3 is 2.33 bits per heavy atom. The summed E-state index contributed by atoms with van der Waals surface area (Å²) in [6.07, 6.45) is 4.84. The van der Waals surface area contributed by atoms with Gasteiger partial charge in [0.2, 0.25) is 0 Å². The van der Waals surface area contributed by atoms with Gasteiger partial charge in [0.25, 0.3) is 11.7 Å². The van der Waals surface area contributed by atoms with Crippen LogP contribution in [0.2, 0.25) is 0 Å². The second-order valence-corrected chi connectivity index (χ2v) is 7.22. The van der Waals surface area contributed by atoms with E-state index in [1.54, 1.807) is 11.6 Å². The number of aromatic nitrogens is 2. The molecule has 1 aromatic heterocycles. The minimum atomic E-state index is -0.551. The van der Waals surface area contributed by atoms with Crippen molar-refractivity contribution >= 4 is 23.0 Å². The van der Waals surface area contributed by atoms with Gasteiger partial charge < -0.3 is 0 Å². The molecule has 0 saturated heterocycles. The molecule has 150 valence electrons. The summed E-state index contributed by atoms with van der Waals surface area (Å²) in [5.41, 5.74) is 7.17. The van der Waals surface area contributed by atoms with E-state index in [4.69, 9.17) is 5.21 Å². The summed E-state index contributed by atoms with van der Waals surface area (Å²) < 4.78 is 2.30. The first-order chi connectivity index (χ1) is 14.7. The molecule has 0 fully saturated rings. The molecule has 0 radical (unpaired) electrons. The zero-order valence-corrected chi connectivity index (χ0v) is 16.6. The van der Waals surface area contributed by atoms with E-state index in [0.29, 0.717) is 0 Å². The van der Waals surface area contributed by atoms with Crippen LogP contribution in [0.1, 0.15) is 22.5 Å². The number of imidazole rings is 1. The Morgan fingerprint density at radius 2 is 1.63 bits per heavy atom. The Labute approximate surface area is 175 Å². The van der Waals surface area contributed by atoms with Gasteiger partial charge in [-0.2, -0.15) is 0 Å². The fraction of sp³-hybridized carbons (Fsp3) is 0.120. The molecule has 0 unspecified atom stereocenters. The summed E-state index contributed by atoms with van der Waals surface area (Å²) in [5.74, 6) is 0.608. The van der Waals surface area contributed by atoms with Gasteiger partial charge >= 0.3 is 0 Å². The number of fused-ring (bicyclic) bond motifs is 1. The molecule has 0 saturated carbocycles. The van der Waals surface area contributed by atoms with Gasteiger partial charge in [-0.3, -0.25) is 10.0 Å². The molecular weight excluding hydrogens is 374 g/mol. The maximum atomic E-state index is 11.3. The number of aryl methyl sites for hydroxylation is 2. The molecule has 0 aliphatic rings. The molecule has 5 nitrogen and oxygen atoms in total. The largest absolute Gasteiger partial charge is 0.288 e. The first-order valence-electron chi connectivity index (χ1n) is 9.97. The number of nitrogens with one attached hydrogen (secondary N) is 2. The van der Waals surface area contributed by atoms with Crippen LogP contribution in [0.25, 0.3) is 17.1 Å². The van der Waals surface area contributed by atoms with Gasteiger partial charge in [-0.1, -0.05) is 66.7 Å². The third-order valence-corrected chi connectivity index (χ3v) is 5.13. The Bertz CT molecular complexity index is 1170. The molecule has 5 heteroatoms. The zero-order chi connectivity index (χ0) is 20.8. The Hall–Kier alpha value is -3.70. The molecule has 3 N–H and O–H groups in total. The third kappa shape index (κ3) is 4.64. The fourth-order valence-corrected chi connectivity index (χ4v) is 3.61. The Balaban J connectivity index is 1.70. The molecule has 0 bridgehead atoms. The van der Waals surface area contributed by atoms with Crippen molar-refractivity contribution in [1.82, 2.24) is 10.5 Å². The van der Waals surface area contributed by atoms with Crippen LogP contribution in [-0.2, 0) is 24.2 Å². The highest BCUT2D eigenvalue weighted by molar-refractivity contribution is 5.91. The summed E-state index contributed by atoms with van der Waals surface area (Å²) in [6, 6.07) is 26.9. The average Bonchev–Trinajstić information content (AvgIpc) is 3.14. The standard InChI is InChI=1S/C25H23N3O2/c29-25(27-30)16-13-20-11-14-22-23(17-20)28(18-21-9-5-2-6-10-21)24(26-22)15-12-19-7-3-1-4-8-19/h1-11,13-14,16-17H,12,15,18H2,(H2,27,29,30)/p+1/b16-13+. The highest BCUT2D eigenvalue weighted by Crippen LogP contribution is 2.16. The summed E-state index contributed by atoms with van der Waals surface area (Å²) in [7, 11) is 0. The zero-order valence-electron chi connectivity index (χ0n) is 16.6. The lowest BCUT2D eigenvalue weighted by Gasteiger charge is -2.04. The number of hydrogen-bond donors (Lipinski definition) is 3. The molecule has 0 spiro atoms. The van der Waals surface area contributed by atoms with E-state index in [1.807, 2.05) is 24.3 Å². The number of H-pyrrole nitrogens is 1. The molecule has 4 rings (SSSR count). The topological polar surface area (TPSA) is 69.0 Å². The number of carbonyl (C=O) groups excluding carboxylic acids is 1. The minimum Gasteiger partial charge on any atom is -0.288 e. The van der Waals surface area contributed by atoms with Crippen molar-refractivity contribution in [3.8, 4) is 0 Å². The monoisotopic (exact) mass is 398 g/mol. The molecule has 1 heterocycles. The molecular formula is C25H24N3O2+. The lowest BCUT2D eigenvalue weighted by molar-refractivity contribution is -0.670. The quantitative estimate of drug-likeness (QED) is 0.192. The average molecular weight is 398 g/mol. The molecule has 4 aromatic rings. The van der Waals surface area contributed by atoms with E-state index >= 15 is 0 Å². The molecule has 3 aromatic carbocycles. The van der Waals surface area contributed by atoms with Gasteiger partial charge in [-0.05, 0) is 41.3 Å². The van der Waals surface area contributed by atoms with Crippen molar-refractivity contribution in [1.29, 1.82) is 0 Å². The predicted octanol–water partition coefficient (Wildman–Crippen LogP) is 3.81. The molecule has 30 heavy (non-hydrogen) atoms. The van der Waals surface area contributed by atoms with Crippen LogP contribution in [0.5, 0.6) is 0 Å². The normalized spacial score (nSPS) is 11.2. The number of nitrogens with zero attached hydrogens (tertiary/aromatic N) is 1. The fourth-order valence-electron chi connectivity index (χ4n) is 3.61. The Kier molecular flexibility index (Phi) is 6.01. The van der Waals surface area contributed by atoms with E-state index in [1.165, 1.54) is 17.2 Å². The minimum absolute atomic E-state index is 0.551. The summed E-state index contributed by atoms with van der Waals surface area (Å²) in [6.45, 7) is 0.759. The number of carbonyl (C=O) groups is 1. The van der Waals surface area contributed by atoms with Crippen LogP contribution in [0, 0.1) is 0 Å². The van der Waals surface area contributed by atoms with Crippen molar-refractivity contribution in [2.24, 2.45) is 0 Å². The van der Waals surface area contributed by atoms with Gasteiger partial charge in [0.15, 0.2) is 11.0 Å². The maximum Gasteiger partial charge on any atom is 0.267 e. The number of amides is 1. The number of benzene rings is 3. The molecule has 0 aliphatic carbocycles. The summed E-state index contributed by atoms with van der Waals surface area (Å²) >= 11 is 0. The summed E-state index contributed by atoms with van der Waals surface area (Å²) in [5, 5.41) is 8.69. The third-order valence-electron chi connectivity index (χ3n) is 5.13. The Morgan fingerprint density at radius 1 is 0.933 bits per heavy atom. The smallest absolute Gasteiger partial charge is 0.267 e. The number of aromatic amines is 1. The van der Waals surface area contributed by atoms with Crippen LogP contribution < -0.4 is 10.0 Å². The van der Waals surface area contributed by atoms with Crippen LogP contribution >= 0.6 is 0 Å². The van der Waals surface area contributed by atoms with E-state index < -0.39 is 5.91 Å². The van der Waals surface area contributed by atoms with E-state index in [2.05, 4.69) is 64.1 Å². The molecule has 0 aliphatic heterocycles. The second kappa shape index (κ2) is 9.20. The highest BCUT2D eigenvalue weighted by atomic mass is 16.5. The molecule has 1 amide bonds. The number of rotatable bonds is 7. The maximum absolute atomic E-state index is 11.3. The van der Waals surface area contributed by atoms with E-state index in [9.17, 15) is 4.79 Å². The lowest BCUT2D eigenvalue weighted by Crippen LogP contribution is -2.38. The summed E-state index contributed by atoms with van der Waals surface area (Å²) in [4.78, 5) is 14.9.